The van der Waals surface area contributed by atoms with Crippen LogP contribution in [0, 0.1) is 5.82 Å². The lowest BCUT2D eigenvalue weighted by Gasteiger charge is -2.10. The third-order valence-corrected chi connectivity index (χ3v) is 1.37. The lowest BCUT2D eigenvalue weighted by atomic mass is 10.2. The number of ether oxygens (including phenoxy) is 1. The van der Waals surface area contributed by atoms with Crippen LogP contribution < -0.4 is 9.39 Å². The average molecular weight is 240 g/mol. The molecule has 0 heterocycles. The molecule has 0 saturated heterocycles. The largest absolute Gasteiger partial charge is 0.707 e. The molecule has 0 saturated carbocycles. The molecule has 0 amide bonds. The van der Waals surface area contributed by atoms with Crippen LogP contribution in [0.5, 0.6) is 11.5 Å². The SMILES string of the molecule is OB(O)Oc1ccc(OC(F)(F)F)c(F)c1. The monoisotopic (exact) mass is 240 g/mol. The number of rotatable bonds is 3. The highest BCUT2D eigenvalue weighted by Crippen LogP contribution is 2.28. The fourth-order valence-electron chi connectivity index (χ4n) is 0.884. The fraction of sp³-hybridized carbons (Fsp3) is 0.143. The quantitative estimate of drug-likeness (QED) is 0.612. The highest BCUT2D eigenvalue weighted by molar-refractivity contribution is 6.33. The Morgan fingerprint density at radius 3 is 2.25 bits per heavy atom. The molecule has 0 aliphatic heterocycles. The van der Waals surface area contributed by atoms with Gasteiger partial charge in [0, 0.05) is 6.07 Å². The normalized spacial score (nSPS) is 11.1. The molecule has 16 heavy (non-hydrogen) atoms. The van der Waals surface area contributed by atoms with Gasteiger partial charge in [-0.1, -0.05) is 0 Å². The van der Waals surface area contributed by atoms with Crippen LogP contribution in [0.15, 0.2) is 18.2 Å². The number of halogens is 4. The van der Waals surface area contributed by atoms with Gasteiger partial charge in [-0.05, 0) is 12.1 Å². The molecule has 0 aromatic heterocycles. The van der Waals surface area contributed by atoms with Crippen molar-refractivity contribution in [2.24, 2.45) is 0 Å². The summed E-state index contributed by atoms with van der Waals surface area (Å²) in [7, 11) is -2.19. The number of hydrogen-bond donors (Lipinski definition) is 2. The average Bonchev–Trinajstić information content (AvgIpc) is 2.06. The summed E-state index contributed by atoms with van der Waals surface area (Å²) in [6.07, 6.45) is -5.00. The molecule has 0 fully saturated rings. The van der Waals surface area contributed by atoms with Crippen LogP contribution in [0.1, 0.15) is 0 Å². The van der Waals surface area contributed by atoms with Gasteiger partial charge in [0.05, 0.1) is 0 Å². The van der Waals surface area contributed by atoms with E-state index in [-0.39, 0.29) is 5.75 Å². The van der Waals surface area contributed by atoms with E-state index >= 15 is 0 Å². The fourth-order valence-corrected chi connectivity index (χ4v) is 0.884. The predicted octanol–water partition coefficient (Wildman–Crippen LogP) is 1.07. The Bertz CT molecular complexity index is 368. The van der Waals surface area contributed by atoms with Crippen LogP contribution in [0.3, 0.4) is 0 Å². The van der Waals surface area contributed by atoms with E-state index in [0.717, 1.165) is 6.07 Å². The maximum atomic E-state index is 13.0. The maximum Gasteiger partial charge on any atom is 0.707 e. The van der Waals surface area contributed by atoms with Gasteiger partial charge in [-0.3, -0.25) is 0 Å². The number of benzene rings is 1. The van der Waals surface area contributed by atoms with Crippen LogP contribution in [-0.2, 0) is 0 Å². The minimum Gasteiger partial charge on any atom is -0.512 e. The molecule has 0 bridgehead atoms. The zero-order valence-electron chi connectivity index (χ0n) is 7.53. The van der Waals surface area contributed by atoms with Crippen LogP contribution in [0.2, 0.25) is 0 Å². The summed E-state index contributed by atoms with van der Waals surface area (Å²) in [5.41, 5.74) is 0. The summed E-state index contributed by atoms with van der Waals surface area (Å²) in [5.74, 6) is -2.72. The zero-order chi connectivity index (χ0) is 12.3. The van der Waals surface area contributed by atoms with E-state index in [1.807, 2.05) is 0 Å². The first-order chi connectivity index (χ1) is 7.28. The molecule has 0 atom stereocenters. The first kappa shape index (κ1) is 12.6. The van der Waals surface area contributed by atoms with E-state index in [0.29, 0.717) is 12.1 Å². The van der Waals surface area contributed by atoms with Gasteiger partial charge >= 0.3 is 13.7 Å². The van der Waals surface area contributed by atoms with E-state index in [1.54, 1.807) is 0 Å². The maximum absolute atomic E-state index is 13.0. The van der Waals surface area contributed by atoms with Crippen molar-refractivity contribution in [2.75, 3.05) is 0 Å². The van der Waals surface area contributed by atoms with Crippen molar-refractivity contribution in [1.82, 2.24) is 0 Å². The third-order valence-electron chi connectivity index (χ3n) is 1.37. The van der Waals surface area contributed by atoms with Gasteiger partial charge in [0.2, 0.25) is 0 Å². The van der Waals surface area contributed by atoms with Crippen LogP contribution in [0.4, 0.5) is 17.6 Å². The Morgan fingerprint density at radius 2 is 1.81 bits per heavy atom. The molecule has 1 aromatic rings. The van der Waals surface area contributed by atoms with E-state index in [2.05, 4.69) is 9.39 Å². The molecule has 2 N–H and O–H groups in total. The van der Waals surface area contributed by atoms with Crippen molar-refractivity contribution in [3.05, 3.63) is 24.0 Å². The summed E-state index contributed by atoms with van der Waals surface area (Å²) in [6.45, 7) is 0. The Labute approximate surface area is 87.2 Å². The van der Waals surface area contributed by atoms with Gasteiger partial charge in [-0.2, -0.15) is 0 Å². The first-order valence-electron chi connectivity index (χ1n) is 3.86. The number of hydrogen-bond acceptors (Lipinski definition) is 4. The van der Waals surface area contributed by atoms with Gasteiger partial charge in [0.1, 0.15) is 5.75 Å². The van der Waals surface area contributed by atoms with E-state index in [4.69, 9.17) is 10.0 Å². The van der Waals surface area contributed by atoms with Gasteiger partial charge in [-0.15, -0.1) is 13.2 Å². The molecule has 9 heteroatoms. The second-order valence-electron chi connectivity index (χ2n) is 2.58. The highest BCUT2D eigenvalue weighted by atomic mass is 19.4. The van der Waals surface area contributed by atoms with Crippen molar-refractivity contribution in [3.63, 3.8) is 0 Å². The molecule has 4 nitrogen and oxygen atoms in total. The van der Waals surface area contributed by atoms with E-state index in [1.165, 1.54) is 0 Å². The summed E-state index contributed by atoms with van der Waals surface area (Å²) in [5, 5.41) is 16.7. The Balaban J connectivity index is 2.83. The zero-order valence-corrected chi connectivity index (χ0v) is 7.53. The minimum absolute atomic E-state index is 0.345. The standard InChI is InChI=1S/C7H5BF4O4/c9-5-3-4(16-8(13)14)1-2-6(5)15-7(10,11)12/h1-3,13-14H. The molecule has 1 aromatic carbocycles. The van der Waals surface area contributed by atoms with Crippen molar-refractivity contribution in [3.8, 4) is 11.5 Å². The van der Waals surface area contributed by atoms with Crippen molar-refractivity contribution < 1.29 is 37.0 Å². The van der Waals surface area contributed by atoms with Gasteiger partial charge in [-0.25, -0.2) is 4.39 Å². The highest BCUT2D eigenvalue weighted by Gasteiger charge is 2.32. The Kier molecular flexibility index (Phi) is 3.60. The second-order valence-corrected chi connectivity index (χ2v) is 2.58. The van der Waals surface area contributed by atoms with Crippen molar-refractivity contribution in [1.29, 1.82) is 0 Å². The topological polar surface area (TPSA) is 58.9 Å². The summed E-state index contributed by atoms with van der Waals surface area (Å²) in [6, 6.07) is 2.07. The van der Waals surface area contributed by atoms with Gasteiger partial charge in [0.15, 0.2) is 11.6 Å². The molecule has 0 unspecified atom stereocenters. The Morgan fingerprint density at radius 1 is 1.19 bits per heavy atom. The summed E-state index contributed by atoms with van der Waals surface area (Å²) >= 11 is 0. The first-order valence-corrected chi connectivity index (χ1v) is 3.86. The lowest BCUT2D eigenvalue weighted by molar-refractivity contribution is -0.275. The molecule has 0 spiro atoms. The summed E-state index contributed by atoms with van der Waals surface area (Å²) < 4.78 is 55.7. The Hall–Kier alpha value is -1.48. The van der Waals surface area contributed by atoms with Gasteiger partial charge < -0.3 is 19.4 Å². The molecule has 0 aliphatic carbocycles. The smallest absolute Gasteiger partial charge is 0.512 e. The van der Waals surface area contributed by atoms with Crippen LogP contribution in [0.25, 0.3) is 0 Å². The lowest BCUT2D eigenvalue weighted by Crippen LogP contribution is -2.21. The van der Waals surface area contributed by atoms with Gasteiger partial charge in [0.25, 0.3) is 0 Å². The molecule has 88 valence electrons. The van der Waals surface area contributed by atoms with Crippen molar-refractivity contribution >= 4 is 7.32 Å². The summed E-state index contributed by atoms with van der Waals surface area (Å²) in [4.78, 5) is 0. The van der Waals surface area contributed by atoms with E-state index < -0.39 is 25.3 Å². The molecule has 1 rings (SSSR count). The molecule has 0 radical (unpaired) electrons. The van der Waals surface area contributed by atoms with Crippen LogP contribution >= 0.6 is 0 Å². The van der Waals surface area contributed by atoms with Crippen LogP contribution in [-0.4, -0.2) is 23.7 Å². The molecule has 0 aliphatic rings. The minimum atomic E-state index is -5.00. The second kappa shape index (κ2) is 4.58. The molecular formula is C7H5BF4O4. The third kappa shape index (κ3) is 3.95. The predicted molar refractivity (Wildman–Crippen MR) is 43.9 cm³/mol. The van der Waals surface area contributed by atoms with E-state index in [9.17, 15) is 17.6 Å². The van der Waals surface area contributed by atoms with Crippen molar-refractivity contribution in [2.45, 2.75) is 6.36 Å². The number of alkyl halides is 3. The molecular weight excluding hydrogens is 235 g/mol.